The Bertz CT molecular complexity index is 537. The third kappa shape index (κ3) is 4.59. The Balaban J connectivity index is 2.01. The summed E-state index contributed by atoms with van der Waals surface area (Å²) in [5, 5.41) is 0. The van der Waals surface area contributed by atoms with E-state index in [-0.39, 0.29) is 5.75 Å². The molecule has 1 aromatic rings. The molecule has 0 unspecified atom stereocenters. The molecule has 1 aliphatic rings. The van der Waals surface area contributed by atoms with Gasteiger partial charge in [0.1, 0.15) is 5.82 Å². The van der Waals surface area contributed by atoms with Crippen LogP contribution >= 0.6 is 0 Å². The fourth-order valence-corrected chi connectivity index (χ4v) is 3.93. The summed E-state index contributed by atoms with van der Waals surface area (Å²) in [5.41, 5.74) is 0.532. The number of pyridine rings is 1. The number of anilines is 2. The lowest BCUT2D eigenvalue weighted by atomic mass is 9.94. The lowest BCUT2D eigenvalue weighted by molar-refractivity contribution is 0.426. The lowest BCUT2D eigenvalue weighted by Gasteiger charge is -2.32. The maximum absolute atomic E-state index is 11.7. The van der Waals surface area contributed by atoms with Crippen molar-refractivity contribution in [2.45, 2.75) is 51.5 Å². The van der Waals surface area contributed by atoms with Gasteiger partial charge in [-0.3, -0.25) is 4.72 Å². The van der Waals surface area contributed by atoms with E-state index < -0.39 is 10.0 Å². The first-order chi connectivity index (χ1) is 10.0. The number of rotatable bonds is 6. The highest BCUT2D eigenvalue weighted by atomic mass is 32.2. The molecule has 5 nitrogen and oxygen atoms in total. The van der Waals surface area contributed by atoms with Gasteiger partial charge < -0.3 is 4.90 Å². The fourth-order valence-electron chi connectivity index (χ4n) is 2.81. The molecular formula is C15H25N3O2S. The molecule has 1 aromatic heterocycles. The van der Waals surface area contributed by atoms with Crippen LogP contribution in [-0.2, 0) is 10.0 Å². The Hall–Kier alpha value is -1.30. The van der Waals surface area contributed by atoms with Crippen LogP contribution in [0.1, 0.15) is 45.4 Å². The highest BCUT2D eigenvalue weighted by Crippen LogP contribution is 2.25. The van der Waals surface area contributed by atoms with Crippen molar-refractivity contribution < 1.29 is 8.42 Å². The molecule has 0 aromatic carbocycles. The largest absolute Gasteiger partial charge is 0.357 e. The second-order valence-corrected chi connectivity index (χ2v) is 7.57. The molecule has 1 aliphatic carbocycles. The molecule has 0 spiro atoms. The zero-order chi connectivity index (χ0) is 15.3. The molecular weight excluding hydrogens is 286 g/mol. The van der Waals surface area contributed by atoms with Crippen molar-refractivity contribution >= 4 is 21.5 Å². The van der Waals surface area contributed by atoms with Gasteiger partial charge in [-0.1, -0.05) is 26.2 Å². The Morgan fingerprint density at radius 2 is 2.00 bits per heavy atom. The minimum Gasteiger partial charge on any atom is -0.357 e. The van der Waals surface area contributed by atoms with Gasteiger partial charge in [0.15, 0.2) is 0 Å². The number of aromatic nitrogens is 1. The quantitative estimate of drug-likeness (QED) is 0.877. The van der Waals surface area contributed by atoms with Crippen LogP contribution < -0.4 is 9.62 Å². The first-order valence-electron chi connectivity index (χ1n) is 7.71. The Morgan fingerprint density at radius 1 is 1.29 bits per heavy atom. The van der Waals surface area contributed by atoms with Gasteiger partial charge in [0.05, 0.1) is 17.6 Å². The van der Waals surface area contributed by atoms with Gasteiger partial charge in [0.2, 0.25) is 10.0 Å². The molecule has 6 heteroatoms. The van der Waals surface area contributed by atoms with Gasteiger partial charge in [-0.25, -0.2) is 13.4 Å². The van der Waals surface area contributed by atoms with Gasteiger partial charge in [-0.15, -0.1) is 0 Å². The molecule has 0 bridgehead atoms. The van der Waals surface area contributed by atoms with Crippen LogP contribution in [0.2, 0.25) is 0 Å². The fraction of sp³-hybridized carbons (Fsp3) is 0.667. The molecule has 0 atom stereocenters. The van der Waals surface area contributed by atoms with E-state index in [1.54, 1.807) is 12.3 Å². The van der Waals surface area contributed by atoms with Crippen molar-refractivity contribution in [3.05, 3.63) is 18.3 Å². The van der Waals surface area contributed by atoms with Gasteiger partial charge in [0, 0.05) is 13.1 Å². The summed E-state index contributed by atoms with van der Waals surface area (Å²) in [4.78, 5) is 6.61. The molecule has 118 valence electrons. The topological polar surface area (TPSA) is 62.3 Å². The summed E-state index contributed by atoms with van der Waals surface area (Å²) in [5.74, 6) is 1.04. The van der Waals surface area contributed by atoms with E-state index in [9.17, 15) is 8.42 Å². The van der Waals surface area contributed by atoms with Crippen molar-refractivity contribution in [3.8, 4) is 0 Å². The van der Waals surface area contributed by atoms with Crippen molar-refractivity contribution in [2.24, 2.45) is 0 Å². The molecule has 1 saturated carbocycles. The third-order valence-electron chi connectivity index (χ3n) is 3.98. The summed E-state index contributed by atoms with van der Waals surface area (Å²) in [6.45, 7) is 1.85. The van der Waals surface area contributed by atoms with Gasteiger partial charge in [-0.05, 0) is 31.4 Å². The first-order valence-corrected chi connectivity index (χ1v) is 9.36. The molecule has 21 heavy (non-hydrogen) atoms. The van der Waals surface area contributed by atoms with Crippen LogP contribution in [0.15, 0.2) is 18.3 Å². The molecule has 0 amide bonds. The van der Waals surface area contributed by atoms with Crippen LogP contribution in [0.5, 0.6) is 0 Å². The van der Waals surface area contributed by atoms with Gasteiger partial charge >= 0.3 is 0 Å². The maximum Gasteiger partial charge on any atom is 0.232 e. The average molecular weight is 311 g/mol. The normalized spacial score (nSPS) is 16.7. The summed E-state index contributed by atoms with van der Waals surface area (Å²) >= 11 is 0. The van der Waals surface area contributed by atoms with Crippen molar-refractivity contribution in [2.75, 3.05) is 22.4 Å². The van der Waals surface area contributed by atoms with E-state index in [0.717, 1.165) is 5.82 Å². The predicted molar refractivity (Wildman–Crippen MR) is 87.2 cm³/mol. The molecule has 1 heterocycles. The number of hydrogen-bond donors (Lipinski definition) is 1. The van der Waals surface area contributed by atoms with Gasteiger partial charge in [0.25, 0.3) is 0 Å². The van der Waals surface area contributed by atoms with E-state index in [1.165, 1.54) is 32.1 Å². The number of nitrogens with zero attached hydrogens (tertiary/aromatic N) is 2. The van der Waals surface area contributed by atoms with Crippen LogP contribution in [0, 0.1) is 0 Å². The number of sulfonamides is 1. The lowest BCUT2D eigenvalue weighted by Crippen LogP contribution is -2.33. The molecule has 2 rings (SSSR count). The molecule has 0 radical (unpaired) electrons. The molecule has 1 fully saturated rings. The van der Waals surface area contributed by atoms with Crippen LogP contribution in [0.3, 0.4) is 0 Å². The SMILES string of the molecule is CCCS(=O)(=O)Nc1ccc(N(C)C2CCCCC2)nc1. The Labute approximate surface area is 127 Å². The summed E-state index contributed by atoms with van der Waals surface area (Å²) in [6.07, 6.45) is 8.52. The summed E-state index contributed by atoms with van der Waals surface area (Å²) < 4.78 is 26.0. The van der Waals surface area contributed by atoms with Crippen molar-refractivity contribution in [1.29, 1.82) is 0 Å². The second-order valence-electron chi connectivity index (χ2n) is 5.73. The predicted octanol–water partition coefficient (Wildman–Crippen LogP) is 3.00. The standard InChI is InChI=1S/C15H25N3O2S/c1-3-11-21(19,20)17-13-9-10-15(16-12-13)18(2)14-7-5-4-6-8-14/h9-10,12,14,17H,3-8,11H2,1-2H3. The summed E-state index contributed by atoms with van der Waals surface area (Å²) in [6, 6.07) is 4.22. The number of nitrogens with one attached hydrogen (secondary N) is 1. The van der Waals surface area contributed by atoms with E-state index >= 15 is 0 Å². The third-order valence-corrected chi connectivity index (χ3v) is 5.47. The van der Waals surface area contributed by atoms with E-state index in [0.29, 0.717) is 18.2 Å². The van der Waals surface area contributed by atoms with Crippen LogP contribution in [0.4, 0.5) is 11.5 Å². The smallest absolute Gasteiger partial charge is 0.232 e. The number of hydrogen-bond acceptors (Lipinski definition) is 4. The molecule has 1 N–H and O–H groups in total. The van der Waals surface area contributed by atoms with E-state index in [4.69, 9.17) is 0 Å². The minimum atomic E-state index is -3.24. The second kappa shape index (κ2) is 7.11. The van der Waals surface area contributed by atoms with Crippen molar-refractivity contribution in [1.82, 2.24) is 4.98 Å². The Morgan fingerprint density at radius 3 is 2.57 bits per heavy atom. The van der Waals surface area contributed by atoms with Crippen LogP contribution in [0.25, 0.3) is 0 Å². The van der Waals surface area contributed by atoms with Crippen LogP contribution in [-0.4, -0.2) is 32.2 Å². The monoisotopic (exact) mass is 311 g/mol. The first kappa shape index (κ1) is 16.1. The highest BCUT2D eigenvalue weighted by molar-refractivity contribution is 7.92. The zero-order valence-electron chi connectivity index (χ0n) is 12.9. The highest BCUT2D eigenvalue weighted by Gasteiger charge is 2.19. The minimum absolute atomic E-state index is 0.136. The Kier molecular flexibility index (Phi) is 5.45. The van der Waals surface area contributed by atoms with Crippen molar-refractivity contribution in [3.63, 3.8) is 0 Å². The van der Waals surface area contributed by atoms with Gasteiger partial charge in [-0.2, -0.15) is 0 Å². The summed E-state index contributed by atoms with van der Waals surface area (Å²) in [7, 11) is -1.17. The maximum atomic E-state index is 11.7. The zero-order valence-corrected chi connectivity index (χ0v) is 13.7. The van der Waals surface area contributed by atoms with E-state index in [1.807, 2.05) is 13.0 Å². The molecule has 0 aliphatic heterocycles. The average Bonchev–Trinajstić information content (AvgIpc) is 2.48. The molecule has 0 saturated heterocycles. The van der Waals surface area contributed by atoms with E-state index in [2.05, 4.69) is 21.7 Å².